The molecule has 91 valence electrons. The van der Waals surface area contributed by atoms with E-state index in [2.05, 4.69) is 0 Å². The molecular weight excluding hydrogens is 381 g/mol. The average molecular weight is 391 g/mol. The molecule has 0 aliphatic heterocycles. The van der Waals surface area contributed by atoms with Crippen LogP contribution in [0.2, 0.25) is 0 Å². The summed E-state index contributed by atoms with van der Waals surface area (Å²) in [7, 11) is -4.20. The quantitative estimate of drug-likeness (QED) is 0.513. The smallest absolute Gasteiger partial charge is 0.282 e. The second kappa shape index (κ2) is 5.87. The Labute approximate surface area is 170 Å². The fourth-order valence-electron chi connectivity index (χ4n) is 2.16. The summed E-state index contributed by atoms with van der Waals surface area (Å²) < 4.78 is 31.9. The number of hydrogen-bond donors (Lipinski definition) is 1. The van der Waals surface area contributed by atoms with Crippen molar-refractivity contribution < 1.29 is 13.0 Å². The van der Waals surface area contributed by atoms with Crippen LogP contribution in [0, 0.1) is 0 Å². The molecule has 0 saturated heterocycles. The molecule has 0 unspecified atom stereocenters. The van der Waals surface area contributed by atoms with Crippen molar-refractivity contribution in [2.24, 2.45) is 0 Å². The molecule has 0 spiro atoms. The first kappa shape index (κ1) is 15.5. The third-order valence-corrected chi connectivity index (χ3v) is 3.90. The largest absolute Gasteiger partial charge is 0.295 e. The SMILES string of the molecule is O=S(=O)(O)c1cccc2cc3ccccc3cc12.[Cs]. The van der Waals surface area contributed by atoms with Gasteiger partial charge in [-0.3, -0.25) is 4.55 Å². The molecular formula is C14H10CsO3S. The zero-order chi connectivity index (χ0) is 12.8. The van der Waals surface area contributed by atoms with Crippen molar-refractivity contribution in [1.29, 1.82) is 0 Å². The Morgan fingerprint density at radius 1 is 0.789 bits per heavy atom. The molecule has 0 aliphatic carbocycles. The molecule has 3 aromatic rings. The third kappa shape index (κ3) is 3.09. The summed E-state index contributed by atoms with van der Waals surface area (Å²) in [6.45, 7) is 0. The predicted molar refractivity (Wildman–Crippen MR) is 77.0 cm³/mol. The van der Waals surface area contributed by atoms with Gasteiger partial charge in [0.15, 0.2) is 0 Å². The Hall–Kier alpha value is 0.142. The van der Waals surface area contributed by atoms with E-state index in [1.807, 2.05) is 36.4 Å². The van der Waals surface area contributed by atoms with Crippen LogP contribution in [0.1, 0.15) is 0 Å². The van der Waals surface area contributed by atoms with E-state index in [-0.39, 0.29) is 73.8 Å². The van der Waals surface area contributed by atoms with Gasteiger partial charge in [0.05, 0.1) is 0 Å². The van der Waals surface area contributed by atoms with Crippen LogP contribution in [0.4, 0.5) is 0 Å². The van der Waals surface area contributed by atoms with Crippen molar-refractivity contribution in [2.45, 2.75) is 4.90 Å². The first-order valence-electron chi connectivity index (χ1n) is 5.45. The molecule has 0 fully saturated rings. The maximum absolute atomic E-state index is 11.3. The van der Waals surface area contributed by atoms with Crippen LogP contribution in [0.15, 0.2) is 59.5 Å². The second-order valence-corrected chi connectivity index (χ2v) is 5.54. The van der Waals surface area contributed by atoms with Crippen LogP contribution in [0.3, 0.4) is 0 Å². The summed E-state index contributed by atoms with van der Waals surface area (Å²) in [6, 6.07) is 16.3. The van der Waals surface area contributed by atoms with Crippen LogP contribution >= 0.6 is 0 Å². The monoisotopic (exact) mass is 391 g/mol. The van der Waals surface area contributed by atoms with Gasteiger partial charge in [0.25, 0.3) is 10.1 Å². The van der Waals surface area contributed by atoms with E-state index in [0.717, 1.165) is 16.2 Å². The molecule has 3 rings (SSSR count). The first-order chi connectivity index (χ1) is 8.55. The maximum Gasteiger partial charge on any atom is 0.295 e. The van der Waals surface area contributed by atoms with E-state index in [1.165, 1.54) is 6.07 Å². The molecule has 5 heteroatoms. The van der Waals surface area contributed by atoms with Crippen molar-refractivity contribution in [1.82, 2.24) is 0 Å². The van der Waals surface area contributed by atoms with Crippen molar-refractivity contribution in [3.8, 4) is 0 Å². The summed E-state index contributed by atoms with van der Waals surface area (Å²) in [4.78, 5) is -0.0502. The van der Waals surface area contributed by atoms with Gasteiger partial charge in [0, 0.05) is 74.3 Å². The summed E-state index contributed by atoms with van der Waals surface area (Å²) in [5.74, 6) is 0. The molecule has 0 bridgehead atoms. The molecule has 0 atom stereocenters. The third-order valence-electron chi connectivity index (χ3n) is 2.98. The second-order valence-electron chi connectivity index (χ2n) is 4.15. The minimum atomic E-state index is -4.20. The number of benzene rings is 3. The Bertz CT molecular complexity index is 857. The van der Waals surface area contributed by atoms with Gasteiger partial charge in [0.1, 0.15) is 4.90 Å². The Balaban J connectivity index is 0.00000133. The van der Waals surface area contributed by atoms with Gasteiger partial charge in [-0.25, -0.2) is 0 Å². The van der Waals surface area contributed by atoms with Crippen LogP contribution in [-0.2, 0) is 10.1 Å². The fourth-order valence-corrected chi connectivity index (χ4v) is 2.87. The Kier molecular flexibility index (Phi) is 4.80. The van der Waals surface area contributed by atoms with Crippen LogP contribution < -0.4 is 0 Å². The summed E-state index contributed by atoms with van der Waals surface area (Å²) in [6.07, 6.45) is 0. The van der Waals surface area contributed by atoms with Gasteiger partial charge in [-0.15, -0.1) is 0 Å². The minimum absolute atomic E-state index is 0. The topological polar surface area (TPSA) is 54.4 Å². The predicted octanol–water partition coefficient (Wildman–Crippen LogP) is 2.86. The summed E-state index contributed by atoms with van der Waals surface area (Å²) in [5, 5.41) is 3.32. The van der Waals surface area contributed by atoms with Gasteiger partial charge in [0.2, 0.25) is 0 Å². The van der Waals surface area contributed by atoms with Crippen LogP contribution in [-0.4, -0.2) is 81.9 Å². The zero-order valence-corrected chi connectivity index (χ0v) is 17.5. The molecule has 3 nitrogen and oxygen atoms in total. The van der Waals surface area contributed by atoms with E-state index in [1.54, 1.807) is 12.1 Å². The summed E-state index contributed by atoms with van der Waals surface area (Å²) >= 11 is 0. The zero-order valence-electron chi connectivity index (χ0n) is 10.4. The van der Waals surface area contributed by atoms with E-state index >= 15 is 0 Å². The van der Waals surface area contributed by atoms with E-state index in [0.29, 0.717) is 5.39 Å². The molecule has 0 amide bonds. The fraction of sp³-hybridized carbons (Fsp3) is 0. The van der Waals surface area contributed by atoms with Crippen molar-refractivity contribution in [3.05, 3.63) is 54.6 Å². The molecule has 0 heterocycles. The standard InChI is InChI=1S/C14H10O3S.Cs/c15-18(16,17)14-7-3-6-12-8-10-4-1-2-5-11(10)9-13(12)14;/h1-9H,(H,15,16,17);. The molecule has 19 heavy (non-hydrogen) atoms. The molecule has 1 N–H and O–H groups in total. The minimum Gasteiger partial charge on any atom is -0.282 e. The van der Waals surface area contributed by atoms with Gasteiger partial charge in [-0.2, -0.15) is 8.42 Å². The molecule has 0 aromatic heterocycles. The molecule has 3 aromatic carbocycles. The molecule has 0 aliphatic rings. The van der Waals surface area contributed by atoms with Gasteiger partial charge < -0.3 is 0 Å². The molecule has 0 saturated carbocycles. The Morgan fingerprint density at radius 3 is 2.00 bits per heavy atom. The van der Waals surface area contributed by atoms with E-state index < -0.39 is 10.1 Å². The van der Waals surface area contributed by atoms with Crippen molar-refractivity contribution >= 4 is 101 Å². The number of fused-ring (bicyclic) bond motifs is 2. The molecule has 1 radical (unpaired) electrons. The van der Waals surface area contributed by atoms with Gasteiger partial charge in [-0.05, 0) is 34.4 Å². The Morgan fingerprint density at radius 2 is 1.37 bits per heavy atom. The average Bonchev–Trinajstić information content (AvgIpc) is 2.34. The van der Waals surface area contributed by atoms with Crippen LogP contribution in [0.5, 0.6) is 0 Å². The first-order valence-corrected chi connectivity index (χ1v) is 6.89. The summed E-state index contributed by atoms with van der Waals surface area (Å²) in [5.41, 5.74) is 0. The van der Waals surface area contributed by atoms with Crippen molar-refractivity contribution in [2.75, 3.05) is 0 Å². The van der Waals surface area contributed by atoms with Crippen molar-refractivity contribution in [3.63, 3.8) is 0 Å². The number of rotatable bonds is 1. The maximum atomic E-state index is 11.3. The van der Waals surface area contributed by atoms with E-state index in [4.69, 9.17) is 0 Å². The number of hydrogen-bond acceptors (Lipinski definition) is 2. The van der Waals surface area contributed by atoms with E-state index in [9.17, 15) is 13.0 Å². The normalized spacial score (nSPS) is 11.4. The van der Waals surface area contributed by atoms with Gasteiger partial charge >= 0.3 is 0 Å². The van der Waals surface area contributed by atoms with Crippen LogP contribution in [0.25, 0.3) is 21.5 Å². The van der Waals surface area contributed by atoms with Gasteiger partial charge in [-0.1, -0.05) is 36.4 Å².